The van der Waals surface area contributed by atoms with E-state index >= 15 is 0 Å². The van der Waals surface area contributed by atoms with Crippen LogP contribution in [-0.4, -0.2) is 28.8 Å². The number of phosphoric acid groups is 1. The van der Waals surface area contributed by atoms with E-state index in [1.807, 2.05) is 0 Å². The maximum Gasteiger partial charge on any atom is 0.469 e. The van der Waals surface area contributed by atoms with E-state index in [4.69, 9.17) is 9.79 Å². The lowest BCUT2D eigenvalue weighted by Crippen LogP contribution is -2.23. The molecular formula is C14H30NO5P. The standard InChI is InChI=1S/C14H30NO5P/c1-2-3-4-5-8-11-14(16)15-12-9-6-7-10-13-20-21(17,18)19/h2-13H2,1H3,(H,15,16)(H2,17,18,19). The molecule has 0 radical (unpaired) electrons. The number of carbonyl (C=O) groups excluding carboxylic acids is 1. The van der Waals surface area contributed by atoms with Crippen molar-refractivity contribution in [3.05, 3.63) is 0 Å². The summed E-state index contributed by atoms with van der Waals surface area (Å²) >= 11 is 0. The Labute approximate surface area is 127 Å². The first-order valence-corrected chi connectivity index (χ1v) is 9.45. The van der Waals surface area contributed by atoms with Crippen LogP contribution < -0.4 is 5.32 Å². The molecule has 1 amide bonds. The summed E-state index contributed by atoms with van der Waals surface area (Å²) < 4.78 is 14.8. The first-order chi connectivity index (χ1) is 9.95. The molecule has 0 aromatic heterocycles. The highest BCUT2D eigenvalue weighted by Gasteiger charge is 2.12. The van der Waals surface area contributed by atoms with Gasteiger partial charge in [-0.15, -0.1) is 0 Å². The Morgan fingerprint density at radius 2 is 1.62 bits per heavy atom. The Morgan fingerprint density at radius 1 is 1.00 bits per heavy atom. The van der Waals surface area contributed by atoms with Crippen molar-refractivity contribution in [3.8, 4) is 0 Å². The van der Waals surface area contributed by atoms with Gasteiger partial charge >= 0.3 is 7.82 Å². The molecule has 3 N–H and O–H groups in total. The van der Waals surface area contributed by atoms with Crippen LogP contribution in [0.1, 0.15) is 71.1 Å². The molecule has 0 saturated heterocycles. The van der Waals surface area contributed by atoms with E-state index in [-0.39, 0.29) is 12.5 Å². The number of phosphoric ester groups is 1. The molecule has 0 bridgehead atoms. The molecule has 0 saturated carbocycles. The van der Waals surface area contributed by atoms with Crippen molar-refractivity contribution in [1.29, 1.82) is 0 Å². The van der Waals surface area contributed by atoms with Crippen LogP contribution in [0.15, 0.2) is 0 Å². The number of hydrogen-bond acceptors (Lipinski definition) is 3. The Kier molecular flexibility index (Phi) is 13.0. The van der Waals surface area contributed by atoms with Gasteiger partial charge in [0.05, 0.1) is 6.61 Å². The smallest absolute Gasteiger partial charge is 0.356 e. The number of carbonyl (C=O) groups is 1. The third-order valence-electron chi connectivity index (χ3n) is 3.16. The van der Waals surface area contributed by atoms with Crippen molar-refractivity contribution >= 4 is 13.7 Å². The van der Waals surface area contributed by atoms with Crippen LogP contribution in [0.25, 0.3) is 0 Å². The second-order valence-corrected chi connectivity index (χ2v) is 6.49. The molecule has 0 fully saturated rings. The summed E-state index contributed by atoms with van der Waals surface area (Å²) in [6.45, 7) is 2.92. The number of hydrogen-bond donors (Lipinski definition) is 3. The average molecular weight is 323 g/mol. The molecule has 0 aromatic rings. The van der Waals surface area contributed by atoms with Gasteiger partial charge in [0.25, 0.3) is 0 Å². The monoisotopic (exact) mass is 323 g/mol. The molecular weight excluding hydrogens is 293 g/mol. The third kappa shape index (κ3) is 17.5. The topological polar surface area (TPSA) is 95.9 Å². The first-order valence-electron chi connectivity index (χ1n) is 7.92. The van der Waals surface area contributed by atoms with Gasteiger partial charge in [-0.25, -0.2) is 4.57 Å². The van der Waals surface area contributed by atoms with Crippen LogP contribution in [0, 0.1) is 0 Å². The van der Waals surface area contributed by atoms with Crippen LogP contribution in [0.3, 0.4) is 0 Å². The predicted molar refractivity (Wildman–Crippen MR) is 82.8 cm³/mol. The maximum absolute atomic E-state index is 11.5. The molecule has 0 heterocycles. The highest BCUT2D eigenvalue weighted by Crippen LogP contribution is 2.35. The van der Waals surface area contributed by atoms with Gasteiger partial charge < -0.3 is 15.1 Å². The van der Waals surface area contributed by atoms with Gasteiger partial charge in [-0.3, -0.25) is 9.32 Å². The quantitative estimate of drug-likeness (QED) is 0.337. The molecule has 0 atom stereocenters. The third-order valence-corrected chi connectivity index (χ3v) is 3.68. The van der Waals surface area contributed by atoms with E-state index in [2.05, 4.69) is 16.8 Å². The first kappa shape index (κ1) is 20.6. The number of nitrogens with one attached hydrogen (secondary N) is 1. The van der Waals surface area contributed by atoms with E-state index in [0.29, 0.717) is 19.4 Å². The molecule has 21 heavy (non-hydrogen) atoms. The number of rotatable bonds is 14. The van der Waals surface area contributed by atoms with Gasteiger partial charge in [0.1, 0.15) is 0 Å². The fourth-order valence-electron chi connectivity index (χ4n) is 1.97. The van der Waals surface area contributed by atoms with Crippen molar-refractivity contribution in [2.75, 3.05) is 13.2 Å². The van der Waals surface area contributed by atoms with Crippen LogP contribution in [-0.2, 0) is 13.9 Å². The van der Waals surface area contributed by atoms with Crippen LogP contribution in [0.5, 0.6) is 0 Å². The molecule has 0 aliphatic heterocycles. The van der Waals surface area contributed by atoms with Crippen LogP contribution in [0.2, 0.25) is 0 Å². The average Bonchev–Trinajstić information content (AvgIpc) is 2.40. The zero-order valence-electron chi connectivity index (χ0n) is 13.1. The van der Waals surface area contributed by atoms with Crippen molar-refractivity contribution in [2.45, 2.75) is 71.1 Å². The van der Waals surface area contributed by atoms with E-state index < -0.39 is 7.82 Å². The number of unbranched alkanes of at least 4 members (excludes halogenated alkanes) is 7. The van der Waals surface area contributed by atoms with Gasteiger partial charge in [0, 0.05) is 13.0 Å². The van der Waals surface area contributed by atoms with E-state index in [9.17, 15) is 9.36 Å². The van der Waals surface area contributed by atoms with Crippen LogP contribution in [0.4, 0.5) is 0 Å². The van der Waals surface area contributed by atoms with Gasteiger partial charge in [-0.05, 0) is 19.3 Å². The second kappa shape index (κ2) is 13.3. The molecule has 6 nitrogen and oxygen atoms in total. The fraction of sp³-hybridized carbons (Fsp3) is 0.929. The molecule has 126 valence electrons. The minimum atomic E-state index is -4.32. The highest BCUT2D eigenvalue weighted by atomic mass is 31.2. The summed E-state index contributed by atoms with van der Waals surface area (Å²) in [5, 5.41) is 2.89. The van der Waals surface area contributed by atoms with Crippen LogP contribution >= 0.6 is 7.82 Å². The summed E-state index contributed by atoms with van der Waals surface area (Å²) in [4.78, 5) is 28.5. The Morgan fingerprint density at radius 3 is 2.29 bits per heavy atom. The van der Waals surface area contributed by atoms with Crippen molar-refractivity contribution in [3.63, 3.8) is 0 Å². The van der Waals surface area contributed by atoms with E-state index in [1.54, 1.807) is 0 Å². The minimum Gasteiger partial charge on any atom is -0.356 e. The zero-order valence-corrected chi connectivity index (χ0v) is 13.9. The highest BCUT2D eigenvalue weighted by molar-refractivity contribution is 7.46. The van der Waals surface area contributed by atoms with E-state index in [1.165, 1.54) is 19.3 Å². The van der Waals surface area contributed by atoms with Gasteiger partial charge in [-0.1, -0.05) is 45.4 Å². The molecule has 0 aliphatic rings. The Hall–Kier alpha value is -0.420. The van der Waals surface area contributed by atoms with E-state index in [0.717, 1.165) is 32.1 Å². The maximum atomic E-state index is 11.5. The normalized spacial score (nSPS) is 11.6. The SMILES string of the molecule is CCCCCCCC(=O)NCCCCCCOP(=O)(O)O. The molecule has 0 unspecified atom stereocenters. The van der Waals surface area contributed by atoms with Crippen molar-refractivity contribution in [1.82, 2.24) is 5.32 Å². The fourth-order valence-corrected chi connectivity index (χ4v) is 2.34. The number of amides is 1. The van der Waals surface area contributed by atoms with Gasteiger partial charge in [-0.2, -0.15) is 0 Å². The van der Waals surface area contributed by atoms with Gasteiger partial charge in [0.2, 0.25) is 5.91 Å². The minimum absolute atomic E-state index is 0.0778. The summed E-state index contributed by atoms with van der Waals surface area (Å²) in [6.07, 6.45) is 9.63. The molecule has 0 rings (SSSR count). The zero-order chi connectivity index (χ0) is 16.0. The molecule has 7 heteroatoms. The lowest BCUT2D eigenvalue weighted by Gasteiger charge is -2.06. The molecule has 0 aliphatic carbocycles. The Bertz CT molecular complexity index is 306. The summed E-state index contributed by atoms with van der Waals surface area (Å²) in [5.41, 5.74) is 0. The summed E-state index contributed by atoms with van der Waals surface area (Å²) in [6, 6.07) is 0. The second-order valence-electron chi connectivity index (χ2n) is 5.25. The largest absolute Gasteiger partial charge is 0.469 e. The van der Waals surface area contributed by atoms with Crippen molar-refractivity contribution in [2.24, 2.45) is 0 Å². The van der Waals surface area contributed by atoms with Crippen molar-refractivity contribution < 1.29 is 23.7 Å². The predicted octanol–water partition coefficient (Wildman–Crippen LogP) is 3.13. The molecule has 0 spiro atoms. The molecule has 0 aromatic carbocycles. The van der Waals surface area contributed by atoms with Gasteiger partial charge in [0.15, 0.2) is 0 Å². The lowest BCUT2D eigenvalue weighted by molar-refractivity contribution is -0.121. The lowest BCUT2D eigenvalue weighted by atomic mass is 10.1. The summed E-state index contributed by atoms with van der Waals surface area (Å²) in [7, 11) is -4.32. The Balaban J connectivity index is 3.23. The summed E-state index contributed by atoms with van der Waals surface area (Å²) in [5.74, 6) is 0.122.